The van der Waals surface area contributed by atoms with Gasteiger partial charge in [-0.1, -0.05) is 24.8 Å². The zero-order valence-corrected chi connectivity index (χ0v) is 19.3. The second-order valence-corrected chi connectivity index (χ2v) is 9.10. The zero-order valence-electron chi connectivity index (χ0n) is 19.3. The van der Waals surface area contributed by atoms with Gasteiger partial charge in [-0.2, -0.15) is 0 Å². The van der Waals surface area contributed by atoms with Crippen LogP contribution in [0.2, 0.25) is 0 Å². The first-order chi connectivity index (χ1) is 16.5. The number of amides is 2. The highest BCUT2D eigenvalue weighted by atomic mass is 16.2. The number of carbonyl (C=O) groups excluding carboxylic acids is 3. The lowest BCUT2D eigenvalue weighted by Crippen LogP contribution is -2.55. The molecule has 2 amide bonds. The Labute approximate surface area is 198 Å². The van der Waals surface area contributed by atoms with Crippen LogP contribution in [-0.2, 0) is 16.8 Å². The Morgan fingerprint density at radius 1 is 1.18 bits per heavy atom. The molecule has 0 unspecified atom stereocenters. The van der Waals surface area contributed by atoms with Crippen LogP contribution in [0.15, 0.2) is 55.1 Å². The summed E-state index contributed by atoms with van der Waals surface area (Å²) in [5, 5.41) is 7.09. The molecule has 0 atom stereocenters. The van der Waals surface area contributed by atoms with Crippen molar-refractivity contribution in [1.82, 2.24) is 9.88 Å². The van der Waals surface area contributed by atoms with Gasteiger partial charge in [-0.3, -0.25) is 14.4 Å². The zero-order chi connectivity index (χ0) is 23.9. The molecule has 3 aliphatic rings. The number of carbonyl (C=O) groups is 3. The Kier molecular flexibility index (Phi) is 5.48. The van der Waals surface area contributed by atoms with Crippen molar-refractivity contribution >= 4 is 40.4 Å². The average molecular weight is 457 g/mol. The smallest absolute Gasteiger partial charge is 0.268 e. The second kappa shape index (κ2) is 8.48. The first kappa shape index (κ1) is 21.9. The van der Waals surface area contributed by atoms with Crippen LogP contribution in [0.1, 0.15) is 45.7 Å². The van der Waals surface area contributed by atoms with E-state index in [9.17, 15) is 14.4 Å². The van der Waals surface area contributed by atoms with Crippen LogP contribution in [0.25, 0.3) is 10.9 Å². The van der Waals surface area contributed by atoms with Gasteiger partial charge in [0.05, 0.1) is 5.54 Å². The SMILES string of the molecule is C=CC(=O)N1CCc2ccc(NC)cc21.O=Cc1ccc2cc3n(c2c1)C1(CCC1)CNC3=O. The number of anilines is 2. The van der Waals surface area contributed by atoms with Crippen molar-refractivity contribution in [1.29, 1.82) is 0 Å². The van der Waals surface area contributed by atoms with E-state index in [-0.39, 0.29) is 17.4 Å². The van der Waals surface area contributed by atoms with E-state index in [2.05, 4.69) is 27.8 Å². The minimum Gasteiger partial charge on any atom is -0.388 e. The van der Waals surface area contributed by atoms with Crippen LogP contribution >= 0.6 is 0 Å². The van der Waals surface area contributed by atoms with Crippen LogP contribution in [0.5, 0.6) is 0 Å². The van der Waals surface area contributed by atoms with Gasteiger partial charge in [0.1, 0.15) is 12.0 Å². The van der Waals surface area contributed by atoms with E-state index < -0.39 is 0 Å². The summed E-state index contributed by atoms with van der Waals surface area (Å²) in [7, 11) is 1.87. The standard InChI is InChI=1S/C15H14N2O2.C12H14N2O/c18-8-10-2-3-11-7-13-14(19)16-9-15(4-1-5-15)17(13)12(11)6-10;1-3-12(15)14-7-6-9-4-5-10(13-2)8-11(9)14/h2-3,6-8H,1,4-5,9H2,(H,16,19);3-5,8,13H,1,6-7H2,2H3. The maximum absolute atomic E-state index is 12.0. The summed E-state index contributed by atoms with van der Waals surface area (Å²) in [5.74, 6) is -0.0385. The van der Waals surface area contributed by atoms with Crippen molar-refractivity contribution in [2.45, 2.75) is 31.2 Å². The minimum absolute atomic E-state index is 0.0126. The third-order valence-electron chi connectivity index (χ3n) is 7.24. The van der Waals surface area contributed by atoms with E-state index in [0.717, 1.165) is 60.1 Å². The van der Waals surface area contributed by atoms with Gasteiger partial charge in [0.15, 0.2) is 0 Å². The molecule has 1 saturated carbocycles. The molecular weight excluding hydrogens is 428 g/mol. The van der Waals surface area contributed by atoms with Crippen molar-refractivity contribution in [3.05, 3.63) is 71.9 Å². The number of hydrogen-bond donors (Lipinski definition) is 2. The number of nitrogens with one attached hydrogen (secondary N) is 2. The highest BCUT2D eigenvalue weighted by Crippen LogP contribution is 2.44. The third kappa shape index (κ3) is 3.48. The maximum Gasteiger partial charge on any atom is 0.268 e. The van der Waals surface area contributed by atoms with Crippen molar-refractivity contribution in [3.8, 4) is 0 Å². The van der Waals surface area contributed by atoms with Gasteiger partial charge < -0.3 is 20.1 Å². The summed E-state index contributed by atoms with van der Waals surface area (Å²) in [6.45, 7) is 4.97. The molecule has 7 nitrogen and oxygen atoms in total. The van der Waals surface area contributed by atoms with Gasteiger partial charge >= 0.3 is 0 Å². The molecule has 6 rings (SSSR count). The van der Waals surface area contributed by atoms with E-state index >= 15 is 0 Å². The predicted octanol–water partition coefficient (Wildman–Crippen LogP) is 3.88. The largest absolute Gasteiger partial charge is 0.388 e. The number of nitrogens with zero attached hydrogens (tertiary/aromatic N) is 2. The van der Waals surface area contributed by atoms with Crippen LogP contribution < -0.4 is 15.5 Å². The van der Waals surface area contributed by atoms with Gasteiger partial charge in [-0.05, 0) is 61.6 Å². The normalized spacial score (nSPS) is 17.1. The number of rotatable bonds is 3. The summed E-state index contributed by atoms with van der Waals surface area (Å²) in [5.41, 5.74) is 5.69. The molecule has 0 radical (unpaired) electrons. The quantitative estimate of drug-likeness (QED) is 0.463. The van der Waals surface area contributed by atoms with Crippen LogP contribution in [0.4, 0.5) is 11.4 Å². The van der Waals surface area contributed by atoms with Crippen molar-refractivity contribution in [3.63, 3.8) is 0 Å². The average Bonchev–Trinajstić information content (AvgIpc) is 3.45. The fourth-order valence-electron chi connectivity index (χ4n) is 5.24. The Morgan fingerprint density at radius 3 is 2.68 bits per heavy atom. The highest BCUT2D eigenvalue weighted by molar-refractivity contribution is 6.03. The Bertz CT molecular complexity index is 1320. The third-order valence-corrected chi connectivity index (χ3v) is 7.24. The van der Waals surface area contributed by atoms with E-state index in [4.69, 9.17) is 0 Å². The molecule has 7 heteroatoms. The molecule has 1 aliphatic carbocycles. The Balaban J connectivity index is 0.000000146. The summed E-state index contributed by atoms with van der Waals surface area (Å²) in [6.07, 6.45) is 6.53. The number of aromatic nitrogens is 1. The van der Waals surface area contributed by atoms with Crippen LogP contribution in [0.3, 0.4) is 0 Å². The van der Waals surface area contributed by atoms with E-state index in [1.807, 2.05) is 37.4 Å². The number of fused-ring (bicyclic) bond motifs is 5. The van der Waals surface area contributed by atoms with E-state index in [1.165, 1.54) is 18.1 Å². The molecule has 2 N–H and O–H groups in total. The van der Waals surface area contributed by atoms with Crippen molar-refractivity contribution < 1.29 is 14.4 Å². The fourth-order valence-corrected chi connectivity index (χ4v) is 5.24. The molecule has 0 saturated heterocycles. The molecule has 2 aromatic carbocycles. The maximum atomic E-state index is 12.0. The summed E-state index contributed by atoms with van der Waals surface area (Å²) >= 11 is 0. The molecule has 3 heterocycles. The highest BCUT2D eigenvalue weighted by Gasteiger charge is 2.44. The van der Waals surface area contributed by atoms with Gasteiger partial charge in [-0.15, -0.1) is 0 Å². The number of hydrogen-bond acceptors (Lipinski definition) is 4. The summed E-state index contributed by atoms with van der Waals surface area (Å²) in [4.78, 5) is 36.3. The Hall–Kier alpha value is -3.87. The first-order valence-electron chi connectivity index (χ1n) is 11.6. The fraction of sp³-hybridized carbons (Fsp3) is 0.296. The first-order valence-corrected chi connectivity index (χ1v) is 11.6. The monoisotopic (exact) mass is 456 g/mol. The lowest BCUT2D eigenvalue weighted by atomic mass is 9.75. The van der Waals surface area contributed by atoms with Gasteiger partial charge in [0.2, 0.25) is 5.91 Å². The predicted molar refractivity (Wildman–Crippen MR) is 134 cm³/mol. The van der Waals surface area contributed by atoms with Crippen molar-refractivity contribution in [2.24, 2.45) is 0 Å². The lowest BCUT2D eigenvalue weighted by Gasteiger charge is -2.47. The summed E-state index contributed by atoms with van der Waals surface area (Å²) < 4.78 is 2.16. The lowest BCUT2D eigenvalue weighted by molar-refractivity contribution is -0.114. The molecule has 1 spiro atoms. The summed E-state index contributed by atoms with van der Waals surface area (Å²) in [6, 6.07) is 13.6. The Morgan fingerprint density at radius 2 is 2.00 bits per heavy atom. The van der Waals surface area contributed by atoms with E-state index in [0.29, 0.717) is 12.1 Å². The van der Waals surface area contributed by atoms with Gasteiger partial charge in [0.25, 0.3) is 5.91 Å². The molecule has 1 aromatic heterocycles. The molecular formula is C27H28N4O3. The molecule has 1 fully saturated rings. The minimum atomic E-state index is -0.0259. The van der Waals surface area contributed by atoms with Crippen LogP contribution in [0, 0.1) is 0 Å². The second-order valence-electron chi connectivity index (χ2n) is 9.10. The van der Waals surface area contributed by atoms with Gasteiger partial charge in [-0.25, -0.2) is 0 Å². The number of aldehydes is 1. The number of benzene rings is 2. The van der Waals surface area contributed by atoms with Crippen LogP contribution in [-0.4, -0.2) is 42.8 Å². The molecule has 174 valence electrons. The van der Waals surface area contributed by atoms with Crippen molar-refractivity contribution in [2.75, 3.05) is 30.4 Å². The molecule has 34 heavy (non-hydrogen) atoms. The topological polar surface area (TPSA) is 83.4 Å². The molecule has 3 aromatic rings. The molecule has 0 bridgehead atoms. The molecule has 2 aliphatic heterocycles. The van der Waals surface area contributed by atoms with Gasteiger partial charge in [0, 0.05) is 48.0 Å². The van der Waals surface area contributed by atoms with E-state index in [1.54, 1.807) is 11.0 Å².